The van der Waals surface area contributed by atoms with Gasteiger partial charge in [0, 0.05) is 38.3 Å². The van der Waals surface area contributed by atoms with Crippen LogP contribution in [0.3, 0.4) is 0 Å². The van der Waals surface area contributed by atoms with Gasteiger partial charge in [-0.3, -0.25) is 4.90 Å². The molecule has 0 amide bonds. The Labute approximate surface area is 141 Å². The molecule has 4 rings (SSSR count). The van der Waals surface area contributed by atoms with E-state index in [2.05, 4.69) is 60.0 Å². The van der Waals surface area contributed by atoms with E-state index in [0.717, 1.165) is 44.0 Å². The van der Waals surface area contributed by atoms with E-state index in [4.69, 9.17) is 4.74 Å². The van der Waals surface area contributed by atoms with Gasteiger partial charge in [0.1, 0.15) is 5.75 Å². The van der Waals surface area contributed by atoms with Gasteiger partial charge in [0.15, 0.2) is 0 Å². The molecule has 3 saturated heterocycles. The normalized spacial score (nSPS) is 24.7. The first-order valence-electron chi connectivity index (χ1n) is 9.00. The van der Waals surface area contributed by atoms with Crippen LogP contribution < -0.4 is 4.74 Å². The molecule has 2 bridgehead atoms. The summed E-state index contributed by atoms with van der Waals surface area (Å²) in [5.41, 5.74) is 1.41. The molecule has 3 aliphatic heterocycles. The van der Waals surface area contributed by atoms with Crippen LogP contribution in [0.4, 0.5) is 0 Å². The Morgan fingerprint density at radius 1 is 1.13 bits per heavy atom. The van der Waals surface area contributed by atoms with E-state index in [-0.39, 0.29) is 0 Å². The third-order valence-corrected chi connectivity index (χ3v) is 5.17. The summed E-state index contributed by atoms with van der Waals surface area (Å²) in [4.78, 5) is 7.45. The zero-order valence-electron chi connectivity index (χ0n) is 14.9. The van der Waals surface area contributed by atoms with Crippen molar-refractivity contribution in [2.24, 2.45) is 0 Å². The van der Waals surface area contributed by atoms with E-state index in [1.807, 2.05) is 0 Å². The standard InChI is InChI=1S/C19H31N3O/c1-4-21-14-17-12-18(15-21)22(17)13-16-6-8-19(9-7-16)23-11-5-10-20(2)3/h6-9,17-18H,4-5,10-15H2,1-3H3. The minimum Gasteiger partial charge on any atom is -0.494 e. The molecule has 3 aliphatic rings. The molecule has 0 N–H and O–H groups in total. The third-order valence-electron chi connectivity index (χ3n) is 5.17. The van der Waals surface area contributed by atoms with Gasteiger partial charge in [0.25, 0.3) is 0 Å². The Bertz CT molecular complexity index is 476. The number of benzene rings is 1. The van der Waals surface area contributed by atoms with Crippen LogP contribution in [0.5, 0.6) is 5.75 Å². The third kappa shape index (κ3) is 4.25. The predicted molar refractivity (Wildman–Crippen MR) is 95.0 cm³/mol. The second-order valence-electron chi connectivity index (χ2n) is 7.22. The quantitative estimate of drug-likeness (QED) is 0.685. The SMILES string of the molecule is CCN1CC2CC(C1)N2Cc1ccc(OCCCN(C)C)cc1. The van der Waals surface area contributed by atoms with Crippen molar-refractivity contribution < 1.29 is 4.74 Å². The van der Waals surface area contributed by atoms with Crippen molar-refractivity contribution in [1.29, 1.82) is 0 Å². The fourth-order valence-corrected chi connectivity index (χ4v) is 3.76. The monoisotopic (exact) mass is 317 g/mol. The molecule has 1 aromatic carbocycles. The lowest BCUT2D eigenvalue weighted by molar-refractivity contribution is -0.0732. The number of piperidine rings is 1. The molecular formula is C19H31N3O. The summed E-state index contributed by atoms with van der Waals surface area (Å²) in [6.45, 7) is 8.92. The van der Waals surface area contributed by atoms with E-state index >= 15 is 0 Å². The smallest absolute Gasteiger partial charge is 0.119 e. The highest BCUT2D eigenvalue weighted by Gasteiger charge is 2.43. The zero-order chi connectivity index (χ0) is 16.2. The molecule has 0 spiro atoms. The molecule has 2 unspecified atom stereocenters. The molecule has 2 atom stereocenters. The molecule has 0 aliphatic carbocycles. The Morgan fingerprint density at radius 2 is 1.83 bits per heavy atom. The van der Waals surface area contributed by atoms with Crippen molar-refractivity contribution in [2.45, 2.75) is 38.4 Å². The number of likely N-dealkylation sites (N-methyl/N-ethyl adjacent to an activating group) is 1. The van der Waals surface area contributed by atoms with Crippen molar-refractivity contribution in [3.8, 4) is 5.75 Å². The summed E-state index contributed by atoms with van der Waals surface area (Å²) in [6.07, 6.45) is 2.46. The van der Waals surface area contributed by atoms with Gasteiger partial charge in [-0.25, -0.2) is 0 Å². The van der Waals surface area contributed by atoms with Crippen LogP contribution in [-0.4, -0.2) is 73.7 Å². The first kappa shape index (κ1) is 16.7. The van der Waals surface area contributed by atoms with Gasteiger partial charge < -0.3 is 14.5 Å². The Morgan fingerprint density at radius 3 is 2.43 bits per heavy atom. The number of ether oxygens (including phenoxy) is 1. The lowest BCUT2D eigenvalue weighted by Crippen LogP contribution is -2.67. The average Bonchev–Trinajstić information content (AvgIpc) is 2.57. The summed E-state index contributed by atoms with van der Waals surface area (Å²) in [6, 6.07) is 10.3. The molecule has 1 aromatic rings. The first-order valence-corrected chi connectivity index (χ1v) is 9.00. The van der Waals surface area contributed by atoms with Crippen LogP contribution in [0.25, 0.3) is 0 Å². The van der Waals surface area contributed by atoms with Gasteiger partial charge in [-0.2, -0.15) is 0 Å². The molecule has 0 aromatic heterocycles. The van der Waals surface area contributed by atoms with E-state index in [9.17, 15) is 0 Å². The summed E-state index contributed by atoms with van der Waals surface area (Å²) in [7, 11) is 4.19. The summed E-state index contributed by atoms with van der Waals surface area (Å²) in [5, 5.41) is 0. The molecular weight excluding hydrogens is 286 g/mol. The number of piperazine rings is 1. The molecule has 23 heavy (non-hydrogen) atoms. The van der Waals surface area contributed by atoms with Crippen molar-refractivity contribution in [1.82, 2.24) is 14.7 Å². The van der Waals surface area contributed by atoms with Crippen LogP contribution in [0, 0.1) is 0 Å². The Kier molecular flexibility index (Phi) is 5.57. The summed E-state index contributed by atoms with van der Waals surface area (Å²) in [5.74, 6) is 0.994. The van der Waals surface area contributed by atoms with E-state index in [1.165, 1.54) is 31.6 Å². The molecule has 4 nitrogen and oxygen atoms in total. The van der Waals surface area contributed by atoms with E-state index in [0.29, 0.717) is 0 Å². The number of fused-ring (bicyclic) bond motifs is 2. The molecule has 3 heterocycles. The molecule has 4 heteroatoms. The molecule has 0 saturated carbocycles. The van der Waals surface area contributed by atoms with Crippen LogP contribution in [0.1, 0.15) is 25.3 Å². The summed E-state index contributed by atoms with van der Waals surface area (Å²) >= 11 is 0. The van der Waals surface area contributed by atoms with E-state index in [1.54, 1.807) is 0 Å². The minimum absolute atomic E-state index is 0.774. The average molecular weight is 317 g/mol. The van der Waals surface area contributed by atoms with Crippen LogP contribution in [-0.2, 0) is 6.54 Å². The predicted octanol–water partition coefficient (Wildman–Crippen LogP) is 2.30. The maximum atomic E-state index is 5.81. The van der Waals surface area contributed by atoms with Crippen molar-refractivity contribution in [3.63, 3.8) is 0 Å². The fraction of sp³-hybridized carbons (Fsp3) is 0.684. The largest absolute Gasteiger partial charge is 0.494 e. The highest BCUT2D eigenvalue weighted by atomic mass is 16.5. The number of rotatable bonds is 8. The van der Waals surface area contributed by atoms with Gasteiger partial charge in [0.2, 0.25) is 0 Å². The highest BCUT2D eigenvalue weighted by molar-refractivity contribution is 5.27. The highest BCUT2D eigenvalue weighted by Crippen LogP contribution is 2.33. The number of hydrogen-bond donors (Lipinski definition) is 0. The van der Waals surface area contributed by atoms with Crippen molar-refractivity contribution >= 4 is 0 Å². The first-order chi connectivity index (χ1) is 11.2. The van der Waals surface area contributed by atoms with Gasteiger partial charge in [-0.15, -0.1) is 0 Å². The zero-order valence-corrected chi connectivity index (χ0v) is 14.9. The Hall–Kier alpha value is -1.10. The van der Waals surface area contributed by atoms with Gasteiger partial charge in [-0.05, 0) is 51.2 Å². The van der Waals surface area contributed by atoms with Gasteiger partial charge >= 0.3 is 0 Å². The van der Waals surface area contributed by atoms with Gasteiger partial charge in [-0.1, -0.05) is 19.1 Å². The molecule has 0 radical (unpaired) electrons. The fourth-order valence-electron chi connectivity index (χ4n) is 3.76. The van der Waals surface area contributed by atoms with Crippen molar-refractivity contribution in [3.05, 3.63) is 29.8 Å². The Balaban J connectivity index is 1.43. The number of nitrogens with zero attached hydrogens (tertiary/aromatic N) is 3. The topological polar surface area (TPSA) is 19.0 Å². The maximum Gasteiger partial charge on any atom is 0.119 e. The van der Waals surface area contributed by atoms with Gasteiger partial charge in [0.05, 0.1) is 6.61 Å². The molecule has 128 valence electrons. The van der Waals surface area contributed by atoms with E-state index < -0.39 is 0 Å². The second-order valence-corrected chi connectivity index (χ2v) is 7.22. The van der Waals surface area contributed by atoms with Crippen LogP contribution in [0.15, 0.2) is 24.3 Å². The summed E-state index contributed by atoms with van der Waals surface area (Å²) < 4.78 is 5.81. The number of hydrogen-bond acceptors (Lipinski definition) is 4. The van der Waals surface area contributed by atoms with Crippen LogP contribution >= 0.6 is 0 Å². The maximum absolute atomic E-state index is 5.81. The lowest BCUT2D eigenvalue weighted by atomic mass is 9.87. The molecule has 3 fully saturated rings. The lowest BCUT2D eigenvalue weighted by Gasteiger charge is -2.56. The van der Waals surface area contributed by atoms with Crippen LogP contribution in [0.2, 0.25) is 0 Å². The minimum atomic E-state index is 0.774. The van der Waals surface area contributed by atoms with Crippen molar-refractivity contribution in [2.75, 3.05) is 46.9 Å². The second kappa shape index (κ2) is 7.65.